The molecular weight excluding hydrogens is 384 g/mol. The zero-order valence-electron chi connectivity index (χ0n) is 16.5. The van der Waals surface area contributed by atoms with Crippen molar-refractivity contribution in [3.05, 3.63) is 29.8 Å². The largest absolute Gasteiger partial charge is 0.491 e. The van der Waals surface area contributed by atoms with Crippen LogP contribution in [0.4, 0.5) is 0 Å². The van der Waals surface area contributed by atoms with Crippen LogP contribution in [0.3, 0.4) is 0 Å². The van der Waals surface area contributed by atoms with Gasteiger partial charge in [0.2, 0.25) is 0 Å². The molecule has 0 saturated carbocycles. The summed E-state index contributed by atoms with van der Waals surface area (Å²) in [5.41, 5.74) is 0.989. The monoisotopic (exact) mass is 414 g/mol. The minimum Gasteiger partial charge on any atom is -0.491 e. The number of hydrogen-bond acceptors (Lipinski definition) is 10. The molecule has 0 unspecified atom stereocenters. The maximum atomic E-state index is 9.94. The molecule has 1 fully saturated rings. The summed E-state index contributed by atoms with van der Waals surface area (Å²) >= 11 is 0. The average Bonchev–Trinajstić information content (AvgIpc) is 2.74. The van der Waals surface area contributed by atoms with Crippen molar-refractivity contribution in [2.24, 2.45) is 10.2 Å². The second kappa shape index (κ2) is 12.8. The lowest BCUT2D eigenvalue weighted by Crippen LogP contribution is -2.59. The van der Waals surface area contributed by atoms with Gasteiger partial charge in [-0.05, 0) is 24.1 Å². The first-order valence-electron chi connectivity index (χ1n) is 9.54. The van der Waals surface area contributed by atoms with E-state index in [1.54, 1.807) is 7.05 Å². The minimum atomic E-state index is -1.44. The molecule has 0 spiro atoms. The van der Waals surface area contributed by atoms with Crippen LogP contribution in [0.25, 0.3) is 0 Å². The van der Waals surface area contributed by atoms with E-state index in [0.29, 0.717) is 32.8 Å². The van der Waals surface area contributed by atoms with E-state index in [0.717, 1.165) is 11.3 Å². The molecular formula is C19H30N2O8. The molecule has 5 atom stereocenters. The zero-order valence-corrected chi connectivity index (χ0v) is 16.5. The molecule has 1 aromatic rings. The summed E-state index contributed by atoms with van der Waals surface area (Å²) in [4.78, 5) is 0. The Bertz CT molecular complexity index is 598. The van der Waals surface area contributed by atoms with E-state index < -0.39 is 37.3 Å². The highest BCUT2D eigenvalue weighted by atomic mass is 16.7. The third-order valence-electron chi connectivity index (χ3n) is 4.42. The summed E-state index contributed by atoms with van der Waals surface area (Å²) in [5, 5.41) is 46.1. The number of aliphatic hydroxyl groups is 4. The summed E-state index contributed by atoms with van der Waals surface area (Å²) in [6.45, 7) is 1.69. The van der Waals surface area contributed by atoms with Crippen molar-refractivity contribution >= 4 is 0 Å². The number of rotatable bonds is 12. The lowest BCUT2D eigenvalue weighted by atomic mass is 9.99. The molecule has 1 saturated heterocycles. The summed E-state index contributed by atoms with van der Waals surface area (Å²) in [5.74, 6) is 0.723. The molecule has 4 N–H and O–H groups in total. The van der Waals surface area contributed by atoms with Gasteiger partial charge in [-0.2, -0.15) is 10.2 Å². The highest BCUT2D eigenvalue weighted by Gasteiger charge is 2.43. The van der Waals surface area contributed by atoms with Crippen LogP contribution in [-0.2, 0) is 20.6 Å². The fourth-order valence-corrected chi connectivity index (χ4v) is 2.78. The summed E-state index contributed by atoms with van der Waals surface area (Å²) in [6.07, 6.45) is -5.78. The molecule has 0 radical (unpaired) electrons. The van der Waals surface area contributed by atoms with Crippen LogP contribution >= 0.6 is 0 Å². The SMILES string of the molecule is C/N=N/CCOCCOc1ccc(CCO[C@@H]2O[C@H](CO)[C@@H](O)[C@H](O)[C@H]2O)cc1. The quantitative estimate of drug-likeness (QED) is 0.265. The molecule has 1 aliphatic heterocycles. The van der Waals surface area contributed by atoms with E-state index in [1.165, 1.54) is 0 Å². The molecule has 0 aromatic heterocycles. The molecule has 10 heteroatoms. The van der Waals surface area contributed by atoms with E-state index in [-0.39, 0.29) is 6.61 Å². The maximum absolute atomic E-state index is 9.94. The maximum Gasteiger partial charge on any atom is 0.186 e. The molecule has 1 aromatic carbocycles. The summed E-state index contributed by atoms with van der Waals surface area (Å²) in [7, 11) is 1.62. The van der Waals surface area contributed by atoms with Gasteiger partial charge in [0.25, 0.3) is 0 Å². The Hall–Kier alpha value is -1.66. The van der Waals surface area contributed by atoms with E-state index >= 15 is 0 Å². The number of benzene rings is 1. The highest BCUT2D eigenvalue weighted by molar-refractivity contribution is 5.27. The van der Waals surface area contributed by atoms with Crippen LogP contribution in [0.15, 0.2) is 34.5 Å². The van der Waals surface area contributed by atoms with E-state index in [9.17, 15) is 20.4 Å². The summed E-state index contributed by atoms with van der Waals surface area (Å²) < 4.78 is 21.7. The fourth-order valence-electron chi connectivity index (χ4n) is 2.78. The van der Waals surface area contributed by atoms with Gasteiger partial charge in [0.1, 0.15) is 36.8 Å². The lowest BCUT2D eigenvalue weighted by molar-refractivity contribution is -0.300. The minimum absolute atomic E-state index is 0.228. The van der Waals surface area contributed by atoms with Gasteiger partial charge in [-0.15, -0.1) is 0 Å². The molecule has 2 rings (SSSR count). The Morgan fingerprint density at radius 1 is 0.966 bits per heavy atom. The number of ether oxygens (including phenoxy) is 4. The van der Waals surface area contributed by atoms with Gasteiger partial charge in [0, 0.05) is 7.05 Å². The average molecular weight is 414 g/mol. The molecule has 10 nitrogen and oxygen atoms in total. The smallest absolute Gasteiger partial charge is 0.186 e. The standard InChI is InChI=1S/C19H30N2O8/c1-20-21-7-9-26-10-11-27-14-4-2-13(3-5-14)6-8-28-19-18(25)17(24)16(23)15(12-22)29-19/h2-5,15-19,22-25H,6-12H2,1H3/b21-20+/t15-,16-,17+,18-,19-/m1/s1. The topological polar surface area (TPSA) is 143 Å². The fraction of sp³-hybridized carbons (Fsp3) is 0.684. The van der Waals surface area contributed by atoms with Gasteiger partial charge in [-0.3, -0.25) is 0 Å². The van der Waals surface area contributed by atoms with Gasteiger partial charge in [-0.25, -0.2) is 0 Å². The summed E-state index contributed by atoms with van der Waals surface area (Å²) in [6, 6.07) is 7.48. The van der Waals surface area contributed by atoms with Crippen LogP contribution in [0.2, 0.25) is 0 Å². The Kier molecular flexibility index (Phi) is 10.4. The predicted octanol–water partition coefficient (Wildman–Crippen LogP) is -0.477. The lowest BCUT2D eigenvalue weighted by Gasteiger charge is -2.39. The van der Waals surface area contributed by atoms with Crippen molar-refractivity contribution in [2.45, 2.75) is 37.1 Å². The Balaban J connectivity index is 1.67. The molecule has 0 amide bonds. The van der Waals surface area contributed by atoms with E-state index in [4.69, 9.17) is 18.9 Å². The molecule has 29 heavy (non-hydrogen) atoms. The van der Waals surface area contributed by atoms with E-state index in [2.05, 4.69) is 10.2 Å². The van der Waals surface area contributed by atoms with Gasteiger partial charge in [0.15, 0.2) is 6.29 Å². The number of azo groups is 1. The van der Waals surface area contributed by atoms with Crippen LogP contribution in [0.1, 0.15) is 5.56 Å². The number of nitrogens with zero attached hydrogens (tertiary/aromatic N) is 2. The van der Waals surface area contributed by atoms with Crippen molar-refractivity contribution in [3.63, 3.8) is 0 Å². The van der Waals surface area contributed by atoms with Crippen molar-refractivity contribution in [2.75, 3.05) is 46.6 Å². The highest BCUT2D eigenvalue weighted by Crippen LogP contribution is 2.22. The van der Waals surface area contributed by atoms with Gasteiger partial charge in [0.05, 0.1) is 33.0 Å². The third-order valence-corrected chi connectivity index (χ3v) is 4.42. The second-order valence-electron chi connectivity index (χ2n) is 6.49. The number of hydrogen-bond donors (Lipinski definition) is 4. The molecule has 1 heterocycles. The Morgan fingerprint density at radius 3 is 2.41 bits per heavy atom. The van der Waals surface area contributed by atoms with Crippen LogP contribution in [-0.4, -0.2) is 97.8 Å². The van der Waals surface area contributed by atoms with E-state index in [1.807, 2.05) is 24.3 Å². The van der Waals surface area contributed by atoms with Gasteiger partial charge >= 0.3 is 0 Å². The van der Waals surface area contributed by atoms with Crippen LogP contribution < -0.4 is 4.74 Å². The Labute approximate surface area is 169 Å². The first-order chi connectivity index (χ1) is 14.1. The molecule has 0 aliphatic carbocycles. The second-order valence-corrected chi connectivity index (χ2v) is 6.49. The van der Waals surface area contributed by atoms with Crippen molar-refractivity contribution < 1.29 is 39.4 Å². The Morgan fingerprint density at radius 2 is 1.72 bits per heavy atom. The van der Waals surface area contributed by atoms with Crippen LogP contribution in [0.5, 0.6) is 5.75 Å². The van der Waals surface area contributed by atoms with Crippen molar-refractivity contribution in [1.29, 1.82) is 0 Å². The van der Waals surface area contributed by atoms with Gasteiger partial charge in [-0.1, -0.05) is 12.1 Å². The molecule has 164 valence electrons. The zero-order chi connectivity index (χ0) is 21.1. The van der Waals surface area contributed by atoms with Crippen molar-refractivity contribution in [1.82, 2.24) is 0 Å². The van der Waals surface area contributed by atoms with Crippen LogP contribution in [0, 0.1) is 0 Å². The predicted molar refractivity (Wildman–Crippen MR) is 102 cm³/mol. The number of aliphatic hydroxyl groups excluding tert-OH is 4. The first-order valence-corrected chi connectivity index (χ1v) is 9.54. The molecule has 0 bridgehead atoms. The third kappa shape index (κ3) is 7.59. The first kappa shape index (κ1) is 23.6. The molecule has 1 aliphatic rings. The van der Waals surface area contributed by atoms with Gasteiger partial charge < -0.3 is 39.4 Å². The normalized spacial score (nSPS) is 27.4. The van der Waals surface area contributed by atoms with Crippen molar-refractivity contribution in [3.8, 4) is 5.75 Å².